The van der Waals surface area contributed by atoms with E-state index >= 15 is 0 Å². The lowest BCUT2D eigenvalue weighted by atomic mass is 10.2. The minimum atomic E-state index is 0.242. The molecular weight excluding hydrogens is 274 g/mol. The van der Waals surface area contributed by atoms with Gasteiger partial charge in [0.1, 0.15) is 0 Å². The Balaban J connectivity index is 1.91. The van der Waals surface area contributed by atoms with Crippen LogP contribution in [0.1, 0.15) is 16.3 Å². The molecule has 5 heteroatoms. The van der Waals surface area contributed by atoms with E-state index in [1.165, 1.54) is 10.5 Å². The molecule has 19 heavy (non-hydrogen) atoms. The molecule has 0 aliphatic heterocycles. The van der Waals surface area contributed by atoms with Crippen LogP contribution >= 0.6 is 23.1 Å². The number of hydrogen-bond acceptors (Lipinski definition) is 5. The van der Waals surface area contributed by atoms with Crippen molar-refractivity contribution in [2.24, 2.45) is 5.84 Å². The molecule has 3 N–H and O–H groups in total. The van der Waals surface area contributed by atoms with Gasteiger partial charge in [-0.05, 0) is 25.5 Å². The lowest BCUT2D eigenvalue weighted by Gasteiger charge is -2.15. The zero-order valence-electron chi connectivity index (χ0n) is 11.2. The average molecular weight is 293 g/mol. The largest absolute Gasteiger partial charge is 0.271 e. The molecule has 1 aromatic heterocycles. The van der Waals surface area contributed by atoms with Crippen molar-refractivity contribution in [3.8, 4) is 0 Å². The molecule has 102 valence electrons. The number of nitrogens with two attached hydrogens (primary N) is 1. The SMILES string of the molecule is Cc1nc(CC(CSc2ccccc2C)NN)cs1. The highest BCUT2D eigenvalue weighted by molar-refractivity contribution is 7.99. The highest BCUT2D eigenvalue weighted by Gasteiger charge is 2.11. The Morgan fingerprint density at radius 2 is 2.16 bits per heavy atom. The molecular formula is C14H19N3S2. The molecule has 2 aromatic rings. The van der Waals surface area contributed by atoms with E-state index in [0.29, 0.717) is 0 Å². The number of thiazole rings is 1. The molecule has 1 atom stereocenters. The monoisotopic (exact) mass is 293 g/mol. The molecule has 0 saturated carbocycles. The van der Waals surface area contributed by atoms with Gasteiger partial charge in [-0.25, -0.2) is 4.98 Å². The van der Waals surface area contributed by atoms with Gasteiger partial charge in [0.05, 0.1) is 10.7 Å². The van der Waals surface area contributed by atoms with Crippen LogP contribution in [0.15, 0.2) is 34.5 Å². The van der Waals surface area contributed by atoms with Gasteiger partial charge >= 0.3 is 0 Å². The van der Waals surface area contributed by atoms with Crippen molar-refractivity contribution in [3.63, 3.8) is 0 Å². The topological polar surface area (TPSA) is 50.9 Å². The van der Waals surface area contributed by atoms with Crippen molar-refractivity contribution in [3.05, 3.63) is 45.9 Å². The van der Waals surface area contributed by atoms with Crippen molar-refractivity contribution in [2.75, 3.05) is 5.75 Å². The number of rotatable bonds is 6. The third-order valence-electron chi connectivity index (χ3n) is 2.89. The van der Waals surface area contributed by atoms with Gasteiger partial charge in [0.15, 0.2) is 0 Å². The fourth-order valence-corrected chi connectivity index (χ4v) is 3.52. The van der Waals surface area contributed by atoms with Crippen LogP contribution < -0.4 is 11.3 Å². The van der Waals surface area contributed by atoms with Gasteiger partial charge in [0.25, 0.3) is 0 Å². The second kappa shape index (κ2) is 7.05. The van der Waals surface area contributed by atoms with E-state index in [2.05, 4.69) is 47.0 Å². The van der Waals surface area contributed by atoms with Crippen LogP contribution in [-0.4, -0.2) is 16.8 Å². The summed E-state index contributed by atoms with van der Waals surface area (Å²) in [7, 11) is 0. The zero-order chi connectivity index (χ0) is 13.7. The number of benzene rings is 1. The molecule has 0 fully saturated rings. The predicted octanol–water partition coefficient (Wildman–Crippen LogP) is 2.93. The molecule has 0 radical (unpaired) electrons. The number of aryl methyl sites for hydroxylation is 2. The summed E-state index contributed by atoms with van der Waals surface area (Å²) < 4.78 is 0. The number of nitrogens with one attached hydrogen (secondary N) is 1. The summed E-state index contributed by atoms with van der Waals surface area (Å²) in [5.41, 5.74) is 5.33. The first kappa shape index (κ1) is 14.5. The van der Waals surface area contributed by atoms with E-state index in [9.17, 15) is 0 Å². The first-order chi connectivity index (χ1) is 9.19. The Bertz CT molecular complexity index is 525. The number of hydrazine groups is 1. The first-order valence-electron chi connectivity index (χ1n) is 6.24. The van der Waals surface area contributed by atoms with Gasteiger partial charge in [-0.3, -0.25) is 11.3 Å². The fraction of sp³-hybridized carbons (Fsp3) is 0.357. The standard InChI is InChI=1S/C14H19N3S2/c1-10-5-3-4-6-14(10)19-9-13(17-15)7-12-8-18-11(2)16-12/h3-6,8,13,17H,7,9,15H2,1-2H3. The van der Waals surface area contributed by atoms with Gasteiger partial charge < -0.3 is 0 Å². The third-order valence-corrected chi connectivity index (χ3v) is 5.05. The van der Waals surface area contributed by atoms with E-state index in [-0.39, 0.29) is 6.04 Å². The highest BCUT2D eigenvalue weighted by atomic mass is 32.2. The summed E-state index contributed by atoms with van der Waals surface area (Å²) in [5.74, 6) is 6.58. The summed E-state index contributed by atoms with van der Waals surface area (Å²) in [4.78, 5) is 5.80. The van der Waals surface area contributed by atoms with Crippen LogP contribution in [0.3, 0.4) is 0 Å². The number of nitrogens with zero attached hydrogens (tertiary/aromatic N) is 1. The van der Waals surface area contributed by atoms with Crippen molar-refractivity contribution >= 4 is 23.1 Å². The molecule has 0 aliphatic rings. The van der Waals surface area contributed by atoms with E-state index in [4.69, 9.17) is 5.84 Å². The summed E-state index contributed by atoms with van der Waals surface area (Å²) in [6.45, 7) is 4.16. The van der Waals surface area contributed by atoms with E-state index in [1.54, 1.807) is 11.3 Å². The van der Waals surface area contributed by atoms with E-state index in [0.717, 1.165) is 22.9 Å². The smallest absolute Gasteiger partial charge is 0.0897 e. The van der Waals surface area contributed by atoms with Gasteiger partial charge in [0.2, 0.25) is 0 Å². The van der Waals surface area contributed by atoms with Crippen molar-refractivity contribution in [1.82, 2.24) is 10.4 Å². The molecule has 3 nitrogen and oxygen atoms in total. The summed E-state index contributed by atoms with van der Waals surface area (Å²) in [6, 6.07) is 8.67. The molecule has 0 aliphatic carbocycles. The maximum Gasteiger partial charge on any atom is 0.0897 e. The van der Waals surface area contributed by atoms with Gasteiger partial charge in [-0.1, -0.05) is 18.2 Å². The second-order valence-electron chi connectivity index (χ2n) is 4.50. The quantitative estimate of drug-likeness (QED) is 0.488. The van der Waals surface area contributed by atoms with Crippen molar-refractivity contribution in [1.29, 1.82) is 0 Å². The number of thioether (sulfide) groups is 1. The molecule has 0 saturated heterocycles. The minimum Gasteiger partial charge on any atom is -0.271 e. The second-order valence-corrected chi connectivity index (χ2v) is 6.63. The maximum atomic E-state index is 5.64. The van der Waals surface area contributed by atoms with Crippen LogP contribution in [0.5, 0.6) is 0 Å². The summed E-state index contributed by atoms with van der Waals surface area (Å²) in [6.07, 6.45) is 0.875. The van der Waals surface area contributed by atoms with Crippen molar-refractivity contribution < 1.29 is 0 Å². The van der Waals surface area contributed by atoms with Gasteiger partial charge in [0, 0.05) is 28.5 Å². The maximum absolute atomic E-state index is 5.64. The Labute approximate surface area is 122 Å². The Morgan fingerprint density at radius 3 is 2.79 bits per heavy atom. The molecule has 0 bridgehead atoms. The lowest BCUT2D eigenvalue weighted by molar-refractivity contribution is 0.570. The lowest BCUT2D eigenvalue weighted by Crippen LogP contribution is -2.38. The zero-order valence-corrected chi connectivity index (χ0v) is 12.9. The number of aromatic nitrogens is 1. The molecule has 0 amide bonds. The van der Waals surface area contributed by atoms with Crippen LogP contribution in [0.25, 0.3) is 0 Å². The minimum absolute atomic E-state index is 0.242. The Morgan fingerprint density at radius 1 is 1.37 bits per heavy atom. The van der Waals surface area contributed by atoms with E-state index in [1.807, 2.05) is 18.7 Å². The highest BCUT2D eigenvalue weighted by Crippen LogP contribution is 2.23. The van der Waals surface area contributed by atoms with Crippen LogP contribution in [0.2, 0.25) is 0 Å². The third kappa shape index (κ3) is 4.31. The fourth-order valence-electron chi connectivity index (χ4n) is 1.83. The average Bonchev–Trinajstić information content (AvgIpc) is 2.81. The van der Waals surface area contributed by atoms with Crippen molar-refractivity contribution in [2.45, 2.75) is 31.2 Å². The van der Waals surface area contributed by atoms with Gasteiger partial charge in [-0.2, -0.15) is 0 Å². The van der Waals surface area contributed by atoms with Crippen LogP contribution in [-0.2, 0) is 6.42 Å². The Hall–Kier alpha value is -0.880. The summed E-state index contributed by atoms with van der Waals surface area (Å²) >= 11 is 3.53. The first-order valence-corrected chi connectivity index (χ1v) is 8.11. The normalized spacial score (nSPS) is 12.6. The predicted molar refractivity (Wildman–Crippen MR) is 83.6 cm³/mol. The molecule has 2 rings (SSSR count). The van der Waals surface area contributed by atoms with E-state index < -0.39 is 0 Å². The van der Waals surface area contributed by atoms with Crippen LogP contribution in [0, 0.1) is 13.8 Å². The Kier molecular flexibility index (Phi) is 5.39. The number of hydrogen-bond donors (Lipinski definition) is 2. The molecule has 1 unspecified atom stereocenters. The van der Waals surface area contributed by atoms with Crippen LogP contribution in [0.4, 0.5) is 0 Å². The molecule has 1 aromatic carbocycles. The molecule has 0 spiro atoms. The van der Waals surface area contributed by atoms with Gasteiger partial charge in [-0.15, -0.1) is 23.1 Å². The summed E-state index contributed by atoms with van der Waals surface area (Å²) in [5, 5.41) is 3.22. The molecule has 1 heterocycles.